The molecule has 7 nitrogen and oxygen atoms in total. The molecule has 0 unspecified atom stereocenters. The molecule has 1 aliphatic rings. The molecule has 3 heterocycles. The monoisotopic (exact) mass is 480 g/mol. The molecule has 2 aromatic heterocycles. The number of rotatable bonds is 5. The normalized spacial score (nSPS) is 19.7. The van der Waals surface area contributed by atoms with E-state index in [1.807, 2.05) is 13.8 Å². The van der Waals surface area contributed by atoms with Crippen LogP contribution in [0.4, 0.5) is 10.3 Å². The van der Waals surface area contributed by atoms with Crippen molar-refractivity contribution in [3.05, 3.63) is 33.7 Å². The molecule has 3 N–H and O–H groups in total. The molecule has 3 aromatic rings. The third-order valence-electron chi connectivity index (χ3n) is 5.40. The first-order valence-corrected chi connectivity index (χ1v) is 11.7. The van der Waals surface area contributed by atoms with E-state index in [-0.39, 0.29) is 29.1 Å². The quantitative estimate of drug-likeness (QED) is 0.495. The topological polar surface area (TPSA) is 100 Å². The molecule has 0 amide bonds. The highest BCUT2D eigenvalue weighted by Gasteiger charge is 2.28. The zero-order chi connectivity index (χ0) is 23.2. The van der Waals surface area contributed by atoms with Gasteiger partial charge >= 0.3 is 0 Å². The Kier molecular flexibility index (Phi) is 6.39. The number of nitrogens with one attached hydrogen (secondary N) is 1. The molecule has 32 heavy (non-hydrogen) atoms. The number of aromatic nitrogens is 3. The first-order chi connectivity index (χ1) is 15.1. The average Bonchev–Trinajstić information content (AvgIpc) is 3.17. The number of hydrogen-bond acceptors (Lipinski definition) is 8. The van der Waals surface area contributed by atoms with Crippen molar-refractivity contribution in [3.8, 4) is 11.3 Å². The molecule has 2 atom stereocenters. The molecule has 1 fully saturated rings. The average molecular weight is 481 g/mol. The van der Waals surface area contributed by atoms with Crippen LogP contribution in [-0.2, 0) is 10.3 Å². The lowest BCUT2D eigenvalue weighted by Crippen LogP contribution is -2.42. The van der Waals surface area contributed by atoms with Crippen LogP contribution in [0.25, 0.3) is 21.5 Å². The molecule has 172 valence electrons. The zero-order valence-corrected chi connectivity index (χ0v) is 19.9. The third-order valence-corrected chi connectivity index (χ3v) is 7.08. The number of halogens is 2. The third kappa shape index (κ3) is 4.45. The molecule has 0 spiro atoms. The lowest BCUT2D eigenvalue weighted by atomic mass is 9.94. The number of aliphatic hydroxyl groups is 2. The van der Waals surface area contributed by atoms with Crippen LogP contribution in [0, 0.1) is 5.82 Å². The Hall–Kier alpha value is -1.91. The molecule has 4 rings (SSSR count). The number of anilines is 1. The molecular weight excluding hydrogens is 455 g/mol. The van der Waals surface area contributed by atoms with E-state index in [4.69, 9.17) is 16.3 Å². The van der Waals surface area contributed by atoms with Gasteiger partial charge < -0.3 is 20.3 Å². The SMILES string of the molecule is CC(C)c1c(-c2nc(N[C@@H]3CCOC[C@H]3O)ncc2Cl)cc(F)c2nc(C(C)(C)O)sc12. The Morgan fingerprint density at radius 1 is 1.34 bits per heavy atom. The van der Waals surface area contributed by atoms with Gasteiger partial charge in [0.25, 0.3) is 0 Å². The van der Waals surface area contributed by atoms with Crippen molar-refractivity contribution in [2.24, 2.45) is 0 Å². The van der Waals surface area contributed by atoms with Gasteiger partial charge in [0.15, 0.2) is 5.82 Å². The van der Waals surface area contributed by atoms with Gasteiger partial charge in [0.05, 0.1) is 40.4 Å². The predicted molar refractivity (Wildman–Crippen MR) is 124 cm³/mol. The smallest absolute Gasteiger partial charge is 0.223 e. The van der Waals surface area contributed by atoms with E-state index >= 15 is 4.39 Å². The number of hydrogen-bond donors (Lipinski definition) is 3. The van der Waals surface area contributed by atoms with Crippen LogP contribution in [0.1, 0.15) is 50.6 Å². The van der Waals surface area contributed by atoms with Gasteiger partial charge in [0, 0.05) is 12.2 Å². The summed E-state index contributed by atoms with van der Waals surface area (Å²) in [5.41, 5.74) is 0.853. The molecule has 0 radical (unpaired) electrons. The number of aliphatic hydroxyl groups excluding tert-OH is 1. The first kappa shape index (κ1) is 23.3. The molecule has 0 bridgehead atoms. The fourth-order valence-electron chi connectivity index (χ4n) is 3.77. The highest BCUT2D eigenvalue weighted by Crippen LogP contribution is 2.42. The Bertz CT molecular complexity index is 1150. The van der Waals surface area contributed by atoms with Crippen LogP contribution >= 0.6 is 22.9 Å². The van der Waals surface area contributed by atoms with Gasteiger partial charge in [-0.3, -0.25) is 0 Å². The fourth-order valence-corrected chi connectivity index (χ4v) is 5.24. The zero-order valence-electron chi connectivity index (χ0n) is 18.3. The van der Waals surface area contributed by atoms with Gasteiger partial charge in [-0.05, 0) is 37.8 Å². The van der Waals surface area contributed by atoms with Gasteiger partial charge in [-0.1, -0.05) is 25.4 Å². The number of benzene rings is 1. The second kappa shape index (κ2) is 8.79. The number of fused-ring (bicyclic) bond motifs is 1. The Labute approximate surface area is 194 Å². The molecule has 0 saturated carbocycles. The summed E-state index contributed by atoms with van der Waals surface area (Å²) in [4.78, 5) is 13.2. The predicted octanol–water partition coefficient (Wildman–Crippen LogP) is 4.46. The van der Waals surface area contributed by atoms with Gasteiger partial charge in [-0.25, -0.2) is 19.3 Å². The summed E-state index contributed by atoms with van der Waals surface area (Å²) in [6.45, 7) is 8.04. The van der Waals surface area contributed by atoms with E-state index in [9.17, 15) is 10.2 Å². The first-order valence-electron chi connectivity index (χ1n) is 10.5. The van der Waals surface area contributed by atoms with Crippen LogP contribution in [0.15, 0.2) is 12.3 Å². The number of nitrogens with zero attached hydrogens (tertiary/aromatic N) is 3. The van der Waals surface area contributed by atoms with E-state index in [0.29, 0.717) is 39.9 Å². The van der Waals surface area contributed by atoms with Crippen molar-refractivity contribution in [1.29, 1.82) is 0 Å². The summed E-state index contributed by atoms with van der Waals surface area (Å²) in [6.07, 6.45) is 1.41. The van der Waals surface area contributed by atoms with Gasteiger partial charge in [-0.2, -0.15) is 0 Å². The maximum atomic E-state index is 15.1. The van der Waals surface area contributed by atoms with Crippen molar-refractivity contribution in [2.45, 2.75) is 57.8 Å². The highest BCUT2D eigenvalue weighted by atomic mass is 35.5. The van der Waals surface area contributed by atoms with Gasteiger partial charge in [0.1, 0.15) is 16.1 Å². The van der Waals surface area contributed by atoms with E-state index in [1.165, 1.54) is 23.6 Å². The Balaban J connectivity index is 1.84. The van der Waals surface area contributed by atoms with E-state index in [1.54, 1.807) is 13.8 Å². The maximum Gasteiger partial charge on any atom is 0.223 e. The molecule has 1 aliphatic heterocycles. The summed E-state index contributed by atoms with van der Waals surface area (Å²) in [7, 11) is 0. The largest absolute Gasteiger partial charge is 0.389 e. The minimum atomic E-state index is -1.18. The van der Waals surface area contributed by atoms with E-state index < -0.39 is 17.5 Å². The fraction of sp³-hybridized carbons (Fsp3) is 0.500. The molecule has 1 saturated heterocycles. The summed E-state index contributed by atoms with van der Waals surface area (Å²) in [5, 5.41) is 24.4. The van der Waals surface area contributed by atoms with Crippen molar-refractivity contribution in [3.63, 3.8) is 0 Å². The van der Waals surface area contributed by atoms with E-state index in [0.717, 1.165) is 5.56 Å². The minimum Gasteiger partial charge on any atom is -0.389 e. The standard InChI is InChI=1S/C22H26ClFN4O3S/c1-10(2)16-11(7-13(24)18-19(16)32-20(27-18)22(3,4)30)17-12(23)8-25-21(28-17)26-14-5-6-31-9-15(14)29/h7-8,10,14-15,29-30H,5-6,9H2,1-4H3,(H,25,26,28)/t14-,15-/m1/s1. The van der Waals surface area contributed by atoms with Crippen molar-refractivity contribution in [1.82, 2.24) is 15.0 Å². The van der Waals surface area contributed by atoms with Crippen LogP contribution in [0.2, 0.25) is 5.02 Å². The summed E-state index contributed by atoms with van der Waals surface area (Å²) in [6, 6.07) is 1.14. The van der Waals surface area contributed by atoms with Crippen LogP contribution in [-0.4, -0.2) is 50.5 Å². The number of ether oxygens (including phenoxy) is 1. The molecule has 1 aromatic carbocycles. The van der Waals surface area contributed by atoms with Crippen LogP contribution < -0.4 is 5.32 Å². The lowest BCUT2D eigenvalue weighted by Gasteiger charge is -2.28. The van der Waals surface area contributed by atoms with E-state index in [2.05, 4.69) is 20.3 Å². The van der Waals surface area contributed by atoms with Crippen molar-refractivity contribution < 1.29 is 19.3 Å². The Morgan fingerprint density at radius 3 is 2.75 bits per heavy atom. The van der Waals surface area contributed by atoms with Crippen molar-refractivity contribution in [2.75, 3.05) is 18.5 Å². The molecule has 0 aliphatic carbocycles. The molecular formula is C22H26ClFN4O3S. The lowest BCUT2D eigenvalue weighted by molar-refractivity contribution is -0.0136. The Morgan fingerprint density at radius 2 is 2.09 bits per heavy atom. The second-order valence-corrected chi connectivity index (χ2v) is 10.2. The van der Waals surface area contributed by atoms with Gasteiger partial charge in [0.2, 0.25) is 5.95 Å². The van der Waals surface area contributed by atoms with Crippen molar-refractivity contribution >= 4 is 39.1 Å². The highest BCUT2D eigenvalue weighted by molar-refractivity contribution is 7.19. The maximum absolute atomic E-state index is 15.1. The van der Waals surface area contributed by atoms with Crippen LogP contribution in [0.5, 0.6) is 0 Å². The van der Waals surface area contributed by atoms with Crippen LogP contribution in [0.3, 0.4) is 0 Å². The summed E-state index contributed by atoms with van der Waals surface area (Å²) < 4.78 is 21.1. The van der Waals surface area contributed by atoms with Gasteiger partial charge in [-0.15, -0.1) is 11.3 Å². The second-order valence-electron chi connectivity index (χ2n) is 8.80. The number of thiazole rings is 1. The molecule has 10 heteroatoms. The summed E-state index contributed by atoms with van der Waals surface area (Å²) in [5.74, 6) is -0.190. The minimum absolute atomic E-state index is 0.0166. The summed E-state index contributed by atoms with van der Waals surface area (Å²) >= 11 is 7.73.